The zero-order valence-electron chi connectivity index (χ0n) is 10.1. The van der Waals surface area contributed by atoms with Crippen molar-refractivity contribution in [2.75, 3.05) is 5.32 Å². The van der Waals surface area contributed by atoms with Crippen LogP contribution in [-0.4, -0.2) is 19.7 Å². The van der Waals surface area contributed by atoms with E-state index in [0.29, 0.717) is 18.1 Å². The maximum Gasteiger partial charge on any atom is 0.292 e. The Morgan fingerprint density at radius 1 is 1.50 bits per heavy atom. The van der Waals surface area contributed by atoms with Gasteiger partial charge < -0.3 is 5.32 Å². The van der Waals surface area contributed by atoms with Crippen molar-refractivity contribution >= 4 is 11.4 Å². The highest BCUT2D eigenvalue weighted by Gasteiger charge is 2.15. The lowest BCUT2D eigenvalue weighted by molar-refractivity contribution is -0.384. The predicted octanol–water partition coefficient (Wildman–Crippen LogP) is 1.64. The summed E-state index contributed by atoms with van der Waals surface area (Å²) in [6.07, 6.45) is 1.59. The number of nitrogens with zero attached hydrogens (tertiary/aromatic N) is 4. The number of hydrogen-bond acceptors (Lipinski definition) is 5. The van der Waals surface area contributed by atoms with Crippen molar-refractivity contribution < 1.29 is 4.92 Å². The fourth-order valence-corrected chi connectivity index (χ4v) is 1.67. The number of aromatic nitrogens is 3. The van der Waals surface area contributed by atoms with Crippen LogP contribution < -0.4 is 5.32 Å². The van der Waals surface area contributed by atoms with Crippen LogP contribution in [0.3, 0.4) is 0 Å². The molecule has 0 atom stereocenters. The van der Waals surface area contributed by atoms with E-state index in [1.165, 1.54) is 6.07 Å². The number of nitro groups is 1. The summed E-state index contributed by atoms with van der Waals surface area (Å²) >= 11 is 0. The average Bonchev–Trinajstić information content (AvgIpc) is 2.73. The van der Waals surface area contributed by atoms with Gasteiger partial charge in [-0.1, -0.05) is 12.1 Å². The molecule has 0 saturated heterocycles. The van der Waals surface area contributed by atoms with Crippen LogP contribution in [-0.2, 0) is 13.6 Å². The predicted molar refractivity (Wildman–Crippen MR) is 66.2 cm³/mol. The first kappa shape index (κ1) is 12.0. The van der Waals surface area contributed by atoms with E-state index in [0.717, 1.165) is 5.56 Å². The van der Waals surface area contributed by atoms with Gasteiger partial charge in [-0.2, -0.15) is 5.10 Å². The minimum absolute atomic E-state index is 0.0610. The summed E-state index contributed by atoms with van der Waals surface area (Å²) in [5, 5.41) is 18.0. The Morgan fingerprint density at radius 3 is 2.89 bits per heavy atom. The third-order valence-corrected chi connectivity index (χ3v) is 2.52. The first-order valence-corrected chi connectivity index (χ1v) is 5.40. The highest BCUT2D eigenvalue weighted by molar-refractivity contribution is 5.65. The van der Waals surface area contributed by atoms with Crippen molar-refractivity contribution in [3.8, 4) is 0 Å². The van der Waals surface area contributed by atoms with Gasteiger partial charge in [-0.05, 0) is 12.5 Å². The molecule has 0 saturated carbocycles. The molecule has 1 aromatic heterocycles. The summed E-state index contributed by atoms with van der Waals surface area (Å²) in [6.45, 7) is 2.17. The number of nitro benzene ring substituents is 1. The number of para-hydroxylation sites is 1. The standard InChI is InChI=1S/C11H13N5O2/c1-8-4-3-5-9(16(17)18)11(8)12-6-10-13-7-15(2)14-10/h3-5,7,12H,6H2,1-2H3. The second kappa shape index (κ2) is 4.82. The normalized spacial score (nSPS) is 10.3. The Hall–Kier alpha value is -2.44. The molecule has 94 valence electrons. The second-order valence-corrected chi connectivity index (χ2v) is 3.91. The molecular formula is C11H13N5O2. The smallest absolute Gasteiger partial charge is 0.292 e. The van der Waals surface area contributed by atoms with E-state index in [1.807, 2.05) is 13.0 Å². The number of rotatable bonds is 4. The zero-order valence-corrected chi connectivity index (χ0v) is 10.1. The molecule has 0 aliphatic rings. The highest BCUT2D eigenvalue weighted by Crippen LogP contribution is 2.27. The SMILES string of the molecule is Cc1cccc([N+](=O)[O-])c1NCc1ncn(C)n1. The van der Waals surface area contributed by atoms with E-state index < -0.39 is 4.92 Å². The number of benzene rings is 1. The quantitative estimate of drug-likeness (QED) is 0.655. The van der Waals surface area contributed by atoms with Gasteiger partial charge in [-0.25, -0.2) is 4.98 Å². The number of aryl methyl sites for hydroxylation is 2. The minimum atomic E-state index is -0.402. The Morgan fingerprint density at radius 2 is 2.28 bits per heavy atom. The molecule has 7 heteroatoms. The molecule has 1 aromatic carbocycles. The van der Waals surface area contributed by atoms with Crippen LogP contribution in [0.25, 0.3) is 0 Å². The lowest BCUT2D eigenvalue weighted by Crippen LogP contribution is -2.06. The van der Waals surface area contributed by atoms with Gasteiger partial charge in [0.1, 0.15) is 12.0 Å². The third kappa shape index (κ3) is 2.45. The van der Waals surface area contributed by atoms with Crippen LogP contribution in [0.2, 0.25) is 0 Å². The van der Waals surface area contributed by atoms with Gasteiger partial charge in [0, 0.05) is 13.1 Å². The van der Waals surface area contributed by atoms with E-state index in [2.05, 4.69) is 15.4 Å². The maximum atomic E-state index is 10.9. The monoisotopic (exact) mass is 247 g/mol. The molecule has 18 heavy (non-hydrogen) atoms. The lowest BCUT2D eigenvalue weighted by atomic mass is 10.1. The Balaban J connectivity index is 2.20. The molecule has 0 bridgehead atoms. The molecule has 2 aromatic rings. The number of hydrogen-bond donors (Lipinski definition) is 1. The zero-order chi connectivity index (χ0) is 13.1. The Bertz CT molecular complexity index is 579. The molecule has 0 spiro atoms. The summed E-state index contributed by atoms with van der Waals surface area (Å²) in [6, 6.07) is 4.96. The van der Waals surface area contributed by atoms with Crippen LogP contribution in [0.15, 0.2) is 24.5 Å². The fraction of sp³-hybridized carbons (Fsp3) is 0.273. The summed E-state index contributed by atoms with van der Waals surface area (Å²) in [5.74, 6) is 0.593. The molecular weight excluding hydrogens is 234 g/mol. The van der Waals surface area contributed by atoms with Crippen molar-refractivity contribution in [1.82, 2.24) is 14.8 Å². The van der Waals surface area contributed by atoms with E-state index in [1.54, 1.807) is 24.1 Å². The van der Waals surface area contributed by atoms with Gasteiger partial charge >= 0.3 is 0 Å². The maximum absolute atomic E-state index is 10.9. The largest absolute Gasteiger partial charge is 0.372 e. The lowest BCUT2D eigenvalue weighted by Gasteiger charge is -2.07. The van der Waals surface area contributed by atoms with Gasteiger partial charge in [-0.3, -0.25) is 14.8 Å². The highest BCUT2D eigenvalue weighted by atomic mass is 16.6. The van der Waals surface area contributed by atoms with Gasteiger partial charge in [0.05, 0.1) is 11.5 Å². The van der Waals surface area contributed by atoms with Crippen LogP contribution >= 0.6 is 0 Å². The van der Waals surface area contributed by atoms with Crippen LogP contribution in [0, 0.1) is 17.0 Å². The first-order chi connectivity index (χ1) is 8.58. The van der Waals surface area contributed by atoms with Gasteiger partial charge in [0.2, 0.25) is 0 Å². The van der Waals surface area contributed by atoms with E-state index in [9.17, 15) is 10.1 Å². The number of nitrogens with one attached hydrogen (secondary N) is 1. The van der Waals surface area contributed by atoms with Crippen LogP contribution in [0.1, 0.15) is 11.4 Å². The van der Waals surface area contributed by atoms with E-state index in [-0.39, 0.29) is 5.69 Å². The molecule has 0 aliphatic heterocycles. The molecule has 1 heterocycles. The average molecular weight is 247 g/mol. The summed E-state index contributed by atoms with van der Waals surface area (Å²) in [5.41, 5.74) is 1.39. The molecule has 0 fully saturated rings. The topological polar surface area (TPSA) is 85.9 Å². The Kier molecular flexibility index (Phi) is 3.22. The van der Waals surface area contributed by atoms with Gasteiger partial charge in [0.25, 0.3) is 5.69 Å². The van der Waals surface area contributed by atoms with Crippen molar-refractivity contribution in [1.29, 1.82) is 0 Å². The molecule has 7 nitrogen and oxygen atoms in total. The van der Waals surface area contributed by atoms with Crippen molar-refractivity contribution in [2.45, 2.75) is 13.5 Å². The number of anilines is 1. The summed E-state index contributed by atoms with van der Waals surface area (Å²) in [7, 11) is 1.77. The molecule has 2 rings (SSSR count). The molecule has 1 N–H and O–H groups in total. The van der Waals surface area contributed by atoms with Gasteiger partial charge in [-0.15, -0.1) is 0 Å². The van der Waals surface area contributed by atoms with Crippen LogP contribution in [0.4, 0.5) is 11.4 Å². The van der Waals surface area contributed by atoms with Crippen molar-refractivity contribution in [3.05, 3.63) is 46.0 Å². The van der Waals surface area contributed by atoms with Crippen molar-refractivity contribution in [3.63, 3.8) is 0 Å². The van der Waals surface area contributed by atoms with Crippen LogP contribution in [0.5, 0.6) is 0 Å². The fourth-order valence-electron chi connectivity index (χ4n) is 1.67. The summed E-state index contributed by atoms with van der Waals surface area (Å²) in [4.78, 5) is 14.6. The minimum Gasteiger partial charge on any atom is -0.372 e. The first-order valence-electron chi connectivity index (χ1n) is 5.40. The molecule has 0 unspecified atom stereocenters. The molecule has 0 amide bonds. The van der Waals surface area contributed by atoms with Crippen molar-refractivity contribution in [2.24, 2.45) is 7.05 Å². The Labute approximate surface area is 104 Å². The second-order valence-electron chi connectivity index (χ2n) is 3.91. The van der Waals surface area contributed by atoms with Gasteiger partial charge in [0.15, 0.2) is 5.82 Å². The molecule has 0 aliphatic carbocycles. The molecule has 0 radical (unpaired) electrons. The third-order valence-electron chi connectivity index (χ3n) is 2.52. The summed E-state index contributed by atoms with van der Waals surface area (Å²) < 4.78 is 1.59. The van der Waals surface area contributed by atoms with E-state index >= 15 is 0 Å². The van der Waals surface area contributed by atoms with E-state index in [4.69, 9.17) is 0 Å².